The number of carbonyl (C=O) groups is 2. The summed E-state index contributed by atoms with van der Waals surface area (Å²) in [4.78, 5) is 19.5. The number of hydrogen-bond donors (Lipinski definition) is 2. The summed E-state index contributed by atoms with van der Waals surface area (Å²) < 4.78 is 9.64. The molecule has 0 aliphatic heterocycles. The van der Waals surface area contributed by atoms with Gasteiger partial charge in [-0.2, -0.15) is 0 Å². The first-order valence-corrected chi connectivity index (χ1v) is 2.74. The van der Waals surface area contributed by atoms with E-state index in [0.29, 0.717) is 0 Å². The van der Waals surface area contributed by atoms with E-state index in [-0.39, 0.29) is 4.90 Å². The molecule has 0 bridgehead atoms. The quantitative estimate of drug-likeness (QED) is 0.407. The summed E-state index contributed by atoms with van der Waals surface area (Å²) in [5.74, 6) is 1.53. The molecule has 0 radical (unpaired) electrons. The van der Waals surface area contributed by atoms with E-state index in [1.807, 2.05) is 0 Å². The molecule has 0 aliphatic rings. The Bertz CT molecular complexity index is 239. The molecular formula is C3H2NO5P. The number of nitrogens with zero attached hydrogens (tertiary/aromatic N) is 1. The summed E-state index contributed by atoms with van der Waals surface area (Å²) in [6.07, 6.45) is -3.48. The Labute approximate surface area is 56.2 Å². The fourth-order valence-corrected chi connectivity index (χ4v) is 0.461. The number of hydrogen-bond acceptors (Lipinski definition) is 3. The van der Waals surface area contributed by atoms with E-state index in [1.165, 1.54) is 5.75 Å². The Morgan fingerprint density at radius 2 is 1.70 bits per heavy atom. The van der Waals surface area contributed by atoms with Gasteiger partial charge in [-0.05, 0) is 0 Å². The molecule has 7 heteroatoms. The molecule has 0 heterocycles. The van der Waals surface area contributed by atoms with Crippen LogP contribution in [0.5, 0.6) is 0 Å². The van der Waals surface area contributed by atoms with Gasteiger partial charge < -0.3 is 0 Å². The average Bonchev–Trinajstić information content (AvgIpc) is 1.81. The normalized spacial score (nSPS) is 7.60. The molecule has 0 spiro atoms. The van der Waals surface area contributed by atoms with Gasteiger partial charge in [0.25, 0.3) is 0 Å². The summed E-state index contributed by atoms with van der Waals surface area (Å²) in [6, 6.07) is 0. The van der Waals surface area contributed by atoms with Gasteiger partial charge in [-0.1, -0.05) is 0 Å². The van der Waals surface area contributed by atoms with Crippen LogP contribution in [0, 0.1) is 5.75 Å². The zero-order valence-corrected chi connectivity index (χ0v) is 5.41. The van der Waals surface area contributed by atoms with Crippen LogP contribution in [0.1, 0.15) is 0 Å². The predicted octanol–water partition coefficient (Wildman–Crippen LogP) is 0.853. The Morgan fingerprint density at radius 3 is 1.80 bits per heavy atom. The second kappa shape index (κ2) is 3.71. The minimum atomic E-state index is -1.74. The summed E-state index contributed by atoms with van der Waals surface area (Å²) in [7, 11) is -0.791. The van der Waals surface area contributed by atoms with Crippen molar-refractivity contribution in [1.29, 1.82) is 0 Å². The van der Waals surface area contributed by atoms with Crippen LogP contribution in [0.3, 0.4) is 0 Å². The zero-order chi connectivity index (χ0) is 8.15. The minimum absolute atomic E-state index is 0.228. The molecule has 0 aromatic rings. The van der Waals surface area contributed by atoms with Gasteiger partial charge in [0.2, 0.25) is 0 Å². The molecule has 10 heavy (non-hydrogen) atoms. The third-order valence-electron chi connectivity index (χ3n) is 0.523. The third-order valence-corrected chi connectivity index (χ3v) is 0.805. The molecule has 0 saturated heterocycles. The zero-order valence-electron chi connectivity index (χ0n) is 4.51. The van der Waals surface area contributed by atoms with Crippen LogP contribution in [0.25, 0.3) is 0 Å². The van der Waals surface area contributed by atoms with Gasteiger partial charge in [0, 0.05) is 0 Å². The van der Waals surface area contributed by atoms with Gasteiger partial charge in [-0.25, -0.2) is 0 Å². The third kappa shape index (κ3) is 2.35. The van der Waals surface area contributed by atoms with Crippen LogP contribution in [-0.2, 0) is 4.57 Å². The van der Waals surface area contributed by atoms with Crippen LogP contribution in [0.4, 0.5) is 9.59 Å². The molecule has 0 aromatic heterocycles. The molecule has 2 amide bonds. The Hall–Kier alpha value is -1.25. The van der Waals surface area contributed by atoms with E-state index in [9.17, 15) is 14.2 Å². The van der Waals surface area contributed by atoms with E-state index in [4.69, 9.17) is 10.2 Å². The van der Waals surface area contributed by atoms with Crippen molar-refractivity contribution in [3.8, 4) is 5.75 Å². The molecule has 54 valence electrons. The molecule has 0 aliphatic carbocycles. The van der Waals surface area contributed by atoms with Crippen molar-refractivity contribution in [2.75, 3.05) is 0 Å². The van der Waals surface area contributed by atoms with Gasteiger partial charge in [-0.15, -0.1) is 0 Å². The molecule has 0 aromatic carbocycles. The fourth-order valence-electron chi connectivity index (χ4n) is 0.208. The fraction of sp³-hybridized carbons (Fsp3) is 0. The molecule has 0 atom stereocenters. The van der Waals surface area contributed by atoms with E-state index < -0.39 is 20.1 Å². The monoisotopic (exact) mass is 163 g/mol. The number of imide groups is 1. The number of carboxylic acid groups (broad SMARTS) is 2. The SMILES string of the molecule is O=P#CN(C(=O)O)C(=O)O. The van der Waals surface area contributed by atoms with Crippen molar-refractivity contribution in [3.05, 3.63) is 0 Å². The molecular weight excluding hydrogens is 161 g/mol. The number of amides is 2. The summed E-state index contributed by atoms with van der Waals surface area (Å²) in [6.45, 7) is 0. The van der Waals surface area contributed by atoms with Gasteiger partial charge in [0.1, 0.15) is 0 Å². The predicted molar refractivity (Wildman–Crippen MR) is 29.4 cm³/mol. The van der Waals surface area contributed by atoms with Crippen molar-refractivity contribution in [1.82, 2.24) is 4.90 Å². The van der Waals surface area contributed by atoms with Crippen molar-refractivity contribution < 1.29 is 24.4 Å². The maximum absolute atomic E-state index is 9.87. The van der Waals surface area contributed by atoms with E-state index in [1.54, 1.807) is 0 Å². The molecule has 2 N–H and O–H groups in total. The first kappa shape index (κ1) is 8.75. The second-order valence-electron chi connectivity index (χ2n) is 1.09. The summed E-state index contributed by atoms with van der Waals surface area (Å²) in [5, 5.41) is 16.0. The Morgan fingerprint density at radius 1 is 1.30 bits per heavy atom. The molecule has 0 saturated carbocycles. The first-order chi connectivity index (χ1) is 4.59. The van der Waals surface area contributed by atoms with E-state index in [2.05, 4.69) is 0 Å². The second-order valence-corrected chi connectivity index (χ2v) is 1.47. The Kier molecular flexibility index (Phi) is 3.25. The van der Waals surface area contributed by atoms with Crippen LogP contribution in [0.15, 0.2) is 0 Å². The topological polar surface area (TPSA) is 94.9 Å². The van der Waals surface area contributed by atoms with Crippen LogP contribution < -0.4 is 0 Å². The van der Waals surface area contributed by atoms with Crippen molar-refractivity contribution in [2.24, 2.45) is 0 Å². The maximum atomic E-state index is 9.87. The molecule has 0 unspecified atom stereocenters. The summed E-state index contributed by atoms with van der Waals surface area (Å²) in [5.41, 5.74) is 0. The van der Waals surface area contributed by atoms with Crippen molar-refractivity contribution in [3.63, 3.8) is 0 Å². The van der Waals surface area contributed by atoms with E-state index in [0.717, 1.165) is 0 Å². The van der Waals surface area contributed by atoms with E-state index >= 15 is 0 Å². The first-order valence-electron chi connectivity index (χ1n) is 1.93. The van der Waals surface area contributed by atoms with Gasteiger partial charge in [0.05, 0.1) is 0 Å². The Balaban J connectivity index is 4.53. The standard InChI is InChI=1S/C3H2NO5P/c5-2(6)4(1-10-9)3(7)8/h(H,5,6)(H,7,8). The summed E-state index contributed by atoms with van der Waals surface area (Å²) >= 11 is 0. The number of rotatable bonds is 0. The van der Waals surface area contributed by atoms with Crippen molar-refractivity contribution >= 4 is 20.1 Å². The van der Waals surface area contributed by atoms with Crippen LogP contribution in [0.2, 0.25) is 0 Å². The van der Waals surface area contributed by atoms with Gasteiger partial charge in [-0.3, -0.25) is 0 Å². The van der Waals surface area contributed by atoms with Gasteiger partial charge in [0.15, 0.2) is 0 Å². The van der Waals surface area contributed by atoms with Crippen LogP contribution >= 0.6 is 7.92 Å². The van der Waals surface area contributed by atoms with Crippen molar-refractivity contribution in [2.45, 2.75) is 0 Å². The van der Waals surface area contributed by atoms with Crippen LogP contribution in [-0.4, -0.2) is 27.3 Å². The van der Waals surface area contributed by atoms with Gasteiger partial charge >= 0.3 is 55.1 Å². The average molecular weight is 163 g/mol. The molecule has 6 nitrogen and oxygen atoms in total. The molecule has 0 fully saturated rings. The molecule has 0 rings (SSSR count).